The molecule has 12 heteroatoms. The number of carboxylic acids is 3. The maximum absolute atomic E-state index is 11.0. The average molecular weight is 478 g/mol. The summed E-state index contributed by atoms with van der Waals surface area (Å²) >= 11 is 22.5. The van der Waals surface area contributed by atoms with E-state index >= 15 is 0 Å². The molecule has 0 radical (unpaired) electrons. The molecule has 2 heterocycles. The van der Waals surface area contributed by atoms with E-state index in [0.717, 1.165) is 6.20 Å². The maximum Gasteiger partial charge on any atom is 0.355 e. The molecule has 0 spiro atoms. The first-order chi connectivity index (χ1) is 13.5. The number of carbonyl (C=O) groups is 3. The summed E-state index contributed by atoms with van der Waals surface area (Å²) in [6.45, 7) is 0. The monoisotopic (exact) mass is 476 g/mol. The number of pyridine rings is 2. The van der Waals surface area contributed by atoms with Crippen LogP contribution in [0.4, 0.5) is 0 Å². The normalized spacial score (nSPS) is 10.2. The van der Waals surface area contributed by atoms with Gasteiger partial charge in [-0.15, -0.1) is 0 Å². The van der Waals surface area contributed by atoms with E-state index in [-0.39, 0.29) is 20.6 Å². The molecule has 0 aliphatic heterocycles. The van der Waals surface area contributed by atoms with Gasteiger partial charge in [-0.1, -0.05) is 52.5 Å². The molecule has 29 heavy (non-hydrogen) atoms. The summed E-state index contributed by atoms with van der Waals surface area (Å²) in [5.74, 6) is -4.05. The summed E-state index contributed by atoms with van der Waals surface area (Å²) in [6, 6.07) is 4.85. The number of fused-ring (bicyclic) bond motifs is 1. The summed E-state index contributed by atoms with van der Waals surface area (Å²) in [6.07, 6.45) is 2.38. The van der Waals surface area contributed by atoms with Gasteiger partial charge in [0.1, 0.15) is 11.1 Å². The van der Waals surface area contributed by atoms with Crippen molar-refractivity contribution in [2.45, 2.75) is 0 Å². The lowest BCUT2D eigenvalue weighted by Crippen LogP contribution is -2.11. The molecule has 0 amide bonds. The molecule has 2 aromatic heterocycles. The molecule has 0 saturated carbocycles. The van der Waals surface area contributed by atoms with Crippen LogP contribution in [-0.2, 0) is 0 Å². The molecule has 0 unspecified atom stereocenters. The largest absolute Gasteiger partial charge is 0.478 e. The molecule has 0 saturated heterocycles. The van der Waals surface area contributed by atoms with Crippen LogP contribution in [0.1, 0.15) is 31.2 Å². The van der Waals surface area contributed by atoms with Crippen molar-refractivity contribution in [1.82, 2.24) is 9.97 Å². The number of hydrogen-bond donors (Lipinski definition) is 3. The quantitative estimate of drug-likeness (QED) is 0.477. The summed E-state index contributed by atoms with van der Waals surface area (Å²) in [7, 11) is 0. The number of aromatic nitrogens is 2. The van der Waals surface area contributed by atoms with Gasteiger partial charge in [0, 0.05) is 17.8 Å². The first kappa shape index (κ1) is 22.6. The summed E-state index contributed by atoms with van der Waals surface area (Å²) in [5.41, 5.74) is -0.885. The third kappa shape index (κ3) is 5.04. The van der Waals surface area contributed by atoms with E-state index in [1.54, 1.807) is 12.1 Å². The van der Waals surface area contributed by atoms with Gasteiger partial charge in [-0.25, -0.2) is 19.4 Å². The first-order valence-corrected chi connectivity index (χ1v) is 8.83. The van der Waals surface area contributed by atoms with Crippen LogP contribution >= 0.6 is 46.4 Å². The fourth-order valence-electron chi connectivity index (χ4n) is 2.18. The van der Waals surface area contributed by atoms with Crippen LogP contribution in [0.15, 0.2) is 30.6 Å². The van der Waals surface area contributed by atoms with Crippen molar-refractivity contribution in [3.8, 4) is 0 Å². The van der Waals surface area contributed by atoms with Crippen LogP contribution in [0, 0.1) is 0 Å². The van der Waals surface area contributed by atoms with E-state index in [0.29, 0.717) is 15.9 Å². The minimum Gasteiger partial charge on any atom is -0.478 e. The zero-order valence-corrected chi connectivity index (χ0v) is 16.9. The van der Waals surface area contributed by atoms with Crippen LogP contribution in [0.2, 0.25) is 20.1 Å². The highest BCUT2D eigenvalue weighted by molar-refractivity contribution is 6.44. The molecule has 3 aromatic rings. The second-order valence-corrected chi connectivity index (χ2v) is 6.84. The molecule has 150 valence electrons. The molecule has 1 aromatic carbocycles. The molecule has 0 aliphatic rings. The summed E-state index contributed by atoms with van der Waals surface area (Å²) in [4.78, 5) is 39.5. The highest BCUT2D eigenvalue weighted by atomic mass is 35.5. The number of benzene rings is 1. The van der Waals surface area contributed by atoms with E-state index in [2.05, 4.69) is 9.97 Å². The van der Waals surface area contributed by atoms with Gasteiger partial charge in [0.15, 0.2) is 5.69 Å². The van der Waals surface area contributed by atoms with Crippen molar-refractivity contribution >= 4 is 75.2 Å². The number of halogens is 4. The number of nitrogens with zero attached hydrogens (tertiary/aromatic N) is 2. The Morgan fingerprint density at radius 2 is 1.38 bits per heavy atom. The molecule has 3 rings (SSSR count). The third-order valence-electron chi connectivity index (χ3n) is 3.37. The van der Waals surface area contributed by atoms with Gasteiger partial charge in [-0.2, -0.15) is 0 Å². The summed E-state index contributed by atoms with van der Waals surface area (Å²) in [5, 5.41) is 27.1. The van der Waals surface area contributed by atoms with E-state index in [9.17, 15) is 14.4 Å². The highest BCUT2D eigenvalue weighted by Crippen LogP contribution is 2.27. The highest BCUT2D eigenvalue weighted by Gasteiger charge is 2.23. The van der Waals surface area contributed by atoms with Gasteiger partial charge in [-0.3, -0.25) is 4.98 Å². The predicted molar refractivity (Wildman–Crippen MR) is 107 cm³/mol. The Kier molecular flexibility index (Phi) is 7.21. The minimum atomic E-state index is -1.48. The molecule has 0 bridgehead atoms. The van der Waals surface area contributed by atoms with E-state index in [1.807, 2.05) is 0 Å². The third-order valence-corrected chi connectivity index (χ3v) is 4.67. The first-order valence-electron chi connectivity index (χ1n) is 7.32. The fourth-order valence-corrected chi connectivity index (χ4v) is 2.94. The number of rotatable bonds is 3. The zero-order valence-electron chi connectivity index (χ0n) is 13.9. The topological polar surface area (TPSA) is 138 Å². The number of hydrogen-bond acceptors (Lipinski definition) is 5. The molecule has 0 fully saturated rings. The van der Waals surface area contributed by atoms with Crippen molar-refractivity contribution in [2.75, 3.05) is 0 Å². The SMILES string of the molecule is O=C(O)c1c(Cl)ccc2cc(Cl)cnc12.O=C(O)c1ncc(Cl)c(Cl)c1C(=O)O. The van der Waals surface area contributed by atoms with Gasteiger partial charge in [0.05, 0.1) is 25.6 Å². The van der Waals surface area contributed by atoms with Crippen molar-refractivity contribution in [3.05, 3.63) is 67.5 Å². The smallest absolute Gasteiger partial charge is 0.355 e. The second kappa shape index (κ2) is 9.23. The van der Waals surface area contributed by atoms with Gasteiger partial charge >= 0.3 is 17.9 Å². The molecule has 0 aliphatic carbocycles. The van der Waals surface area contributed by atoms with E-state index in [4.69, 9.17) is 61.7 Å². The van der Waals surface area contributed by atoms with Crippen LogP contribution in [-0.4, -0.2) is 43.2 Å². The molecular weight excluding hydrogens is 470 g/mol. The van der Waals surface area contributed by atoms with Crippen molar-refractivity contribution in [1.29, 1.82) is 0 Å². The van der Waals surface area contributed by atoms with Crippen molar-refractivity contribution in [3.63, 3.8) is 0 Å². The lowest BCUT2D eigenvalue weighted by Gasteiger charge is -2.03. The standard InChI is InChI=1S/C10H5Cl2NO2.C7H3Cl2NO4/c11-6-3-5-1-2-7(12)8(10(14)15)9(5)13-4-6;8-2-1-10-5(7(13)14)3(4(2)9)6(11)12/h1-4H,(H,14,15);1H,(H,11,12)(H,13,14). The van der Waals surface area contributed by atoms with Crippen LogP contribution in [0.25, 0.3) is 10.9 Å². The molecule has 8 nitrogen and oxygen atoms in total. The van der Waals surface area contributed by atoms with Gasteiger partial charge in [0.25, 0.3) is 0 Å². The Hall–Kier alpha value is -2.65. The van der Waals surface area contributed by atoms with E-state index in [1.165, 1.54) is 12.3 Å². The average Bonchev–Trinajstić information content (AvgIpc) is 2.63. The molecule has 0 atom stereocenters. The second-order valence-electron chi connectivity index (χ2n) is 5.21. The lowest BCUT2D eigenvalue weighted by molar-refractivity contribution is 0.0646. The summed E-state index contributed by atoms with van der Waals surface area (Å²) < 4.78 is 0. The predicted octanol–water partition coefficient (Wildman–Crippen LogP) is 5.02. The zero-order chi connectivity index (χ0) is 21.9. The Labute approximate surface area is 182 Å². The van der Waals surface area contributed by atoms with E-state index < -0.39 is 29.2 Å². The number of carboxylic acid groups (broad SMARTS) is 3. The lowest BCUT2D eigenvalue weighted by atomic mass is 10.1. The molecule has 3 N–H and O–H groups in total. The minimum absolute atomic E-state index is 0.00540. The maximum atomic E-state index is 11.0. The van der Waals surface area contributed by atoms with Gasteiger partial charge < -0.3 is 15.3 Å². The number of aromatic carboxylic acids is 3. The van der Waals surface area contributed by atoms with Crippen molar-refractivity contribution in [2.24, 2.45) is 0 Å². The fraction of sp³-hybridized carbons (Fsp3) is 0. The van der Waals surface area contributed by atoms with Gasteiger partial charge in [0.2, 0.25) is 0 Å². The Morgan fingerprint density at radius 3 is 1.93 bits per heavy atom. The van der Waals surface area contributed by atoms with Crippen molar-refractivity contribution < 1.29 is 29.7 Å². The van der Waals surface area contributed by atoms with Gasteiger partial charge in [-0.05, 0) is 12.1 Å². The Morgan fingerprint density at radius 1 is 0.759 bits per heavy atom. The van der Waals surface area contributed by atoms with Crippen LogP contribution in [0.5, 0.6) is 0 Å². The molecular formula is C17H8Cl4N2O6. The van der Waals surface area contributed by atoms with Crippen LogP contribution in [0.3, 0.4) is 0 Å². The Balaban J connectivity index is 0.000000208. The van der Waals surface area contributed by atoms with Crippen LogP contribution < -0.4 is 0 Å². The Bertz CT molecular complexity index is 1150.